The van der Waals surface area contributed by atoms with Crippen LogP contribution in [0.4, 0.5) is 5.13 Å². The van der Waals surface area contributed by atoms with E-state index in [0.717, 1.165) is 41.5 Å². The number of aryl methyl sites for hydroxylation is 1. The van der Waals surface area contributed by atoms with E-state index in [1.807, 2.05) is 46.8 Å². The van der Waals surface area contributed by atoms with Crippen molar-refractivity contribution in [3.63, 3.8) is 0 Å². The van der Waals surface area contributed by atoms with Gasteiger partial charge in [-0.25, -0.2) is 9.67 Å². The highest BCUT2D eigenvalue weighted by Gasteiger charge is 2.26. The lowest BCUT2D eigenvalue weighted by molar-refractivity contribution is 0.0746. The van der Waals surface area contributed by atoms with Gasteiger partial charge in [-0.1, -0.05) is 42.5 Å². The molecule has 4 aromatic rings. The maximum atomic E-state index is 13.2. The molecule has 1 aliphatic heterocycles. The van der Waals surface area contributed by atoms with E-state index >= 15 is 0 Å². The van der Waals surface area contributed by atoms with E-state index in [2.05, 4.69) is 35.1 Å². The van der Waals surface area contributed by atoms with Gasteiger partial charge in [0.2, 0.25) is 0 Å². The maximum Gasteiger partial charge on any atom is 0.257 e. The summed E-state index contributed by atoms with van der Waals surface area (Å²) in [7, 11) is 0. The Hall–Kier alpha value is -3.19. The second kappa shape index (κ2) is 8.15. The first-order valence-electron chi connectivity index (χ1n) is 10.7. The number of carbonyl (C=O) groups excluding carboxylic acids is 1. The number of piperazine rings is 1. The van der Waals surface area contributed by atoms with Crippen LogP contribution in [0.2, 0.25) is 0 Å². The maximum absolute atomic E-state index is 13.2. The average molecular weight is 432 g/mol. The number of hydrogen-bond acceptors (Lipinski definition) is 5. The van der Waals surface area contributed by atoms with Crippen LogP contribution in [-0.2, 0) is 6.42 Å². The fourth-order valence-corrected chi connectivity index (χ4v) is 5.11. The Morgan fingerprint density at radius 3 is 2.58 bits per heavy atom. The van der Waals surface area contributed by atoms with Crippen molar-refractivity contribution in [1.82, 2.24) is 19.7 Å². The van der Waals surface area contributed by atoms with Gasteiger partial charge in [0.05, 0.1) is 33.4 Å². The Kier molecular flexibility index (Phi) is 5.19. The summed E-state index contributed by atoms with van der Waals surface area (Å²) in [5.74, 6) is 0.0521. The van der Waals surface area contributed by atoms with Crippen molar-refractivity contribution in [2.24, 2.45) is 0 Å². The third-order valence-corrected chi connectivity index (χ3v) is 7.01. The molecule has 0 spiro atoms. The smallest absolute Gasteiger partial charge is 0.257 e. The number of thiazole rings is 1. The van der Waals surface area contributed by atoms with Crippen molar-refractivity contribution in [2.75, 3.05) is 31.1 Å². The van der Waals surface area contributed by atoms with E-state index in [1.165, 1.54) is 10.3 Å². The molecule has 0 N–H and O–H groups in total. The molecule has 0 aliphatic carbocycles. The molecule has 1 aliphatic rings. The molecular weight excluding hydrogens is 406 g/mol. The van der Waals surface area contributed by atoms with Crippen LogP contribution < -0.4 is 4.90 Å². The monoisotopic (exact) mass is 431 g/mol. The van der Waals surface area contributed by atoms with Crippen LogP contribution in [0.25, 0.3) is 15.9 Å². The molecule has 6 nitrogen and oxygen atoms in total. The number of anilines is 1. The minimum Gasteiger partial charge on any atom is -0.345 e. The van der Waals surface area contributed by atoms with Gasteiger partial charge in [0.15, 0.2) is 5.13 Å². The van der Waals surface area contributed by atoms with E-state index in [9.17, 15) is 4.79 Å². The number of benzene rings is 2. The Balaban J connectivity index is 1.29. The Morgan fingerprint density at radius 1 is 1.06 bits per heavy atom. The average Bonchev–Trinajstić information content (AvgIpc) is 3.42. The second-order valence-corrected chi connectivity index (χ2v) is 8.83. The lowest BCUT2D eigenvalue weighted by atomic mass is 10.2. The standard InChI is InChI=1S/C24H25N5OS/c1-3-18-9-10-21-22(15-18)31-24(26-21)28-13-11-27(12-14-28)23(30)20-16-25-29(17(20)2)19-7-5-4-6-8-19/h4-10,15-16H,3,11-14H2,1-2H3. The first kappa shape index (κ1) is 19.8. The summed E-state index contributed by atoms with van der Waals surface area (Å²) in [4.78, 5) is 22.2. The molecule has 0 unspecified atom stereocenters. The van der Waals surface area contributed by atoms with Crippen molar-refractivity contribution in [1.29, 1.82) is 0 Å². The Bertz CT molecular complexity index is 1220. The molecule has 1 fully saturated rings. The van der Waals surface area contributed by atoms with E-state index in [1.54, 1.807) is 17.5 Å². The number of rotatable bonds is 4. The zero-order valence-electron chi connectivity index (χ0n) is 17.8. The van der Waals surface area contributed by atoms with Gasteiger partial charge in [0.1, 0.15) is 0 Å². The molecule has 0 bridgehead atoms. The molecule has 0 saturated carbocycles. The van der Waals surface area contributed by atoms with Gasteiger partial charge < -0.3 is 9.80 Å². The summed E-state index contributed by atoms with van der Waals surface area (Å²) in [6.45, 7) is 7.08. The van der Waals surface area contributed by atoms with Crippen LogP contribution in [0.1, 0.15) is 28.5 Å². The zero-order chi connectivity index (χ0) is 21.4. The number of nitrogens with zero attached hydrogens (tertiary/aromatic N) is 5. The summed E-state index contributed by atoms with van der Waals surface area (Å²) in [6, 6.07) is 16.4. The third kappa shape index (κ3) is 3.70. The van der Waals surface area contributed by atoms with Crippen molar-refractivity contribution >= 4 is 32.6 Å². The summed E-state index contributed by atoms with van der Waals surface area (Å²) in [6.07, 6.45) is 2.72. The van der Waals surface area contributed by atoms with E-state index < -0.39 is 0 Å². The largest absolute Gasteiger partial charge is 0.345 e. The molecule has 31 heavy (non-hydrogen) atoms. The highest BCUT2D eigenvalue weighted by Crippen LogP contribution is 2.30. The minimum absolute atomic E-state index is 0.0521. The van der Waals surface area contributed by atoms with Gasteiger partial charge in [0, 0.05) is 26.2 Å². The summed E-state index contributed by atoms with van der Waals surface area (Å²) in [5, 5.41) is 5.50. The van der Waals surface area contributed by atoms with E-state index in [4.69, 9.17) is 4.98 Å². The van der Waals surface area contributed by atoms with Crippen molar-refractivity contribution < 1.29 is 4.79 Å². The molecule has 1 saturated heterocycles. The molecule has 7 heteroatoms. The molecular formula is C24H25N5OS. The second-order valence-electron chi connectivity index (χ2n) is 7.82. The van der Waals surface area contributed by atoms with Crippen molar-refractivity contribution in [3.8, 4) is 5.69 Å². The number of fused-ring (bicyclic) bond motifs is 1. The quantitative estimate of drug-likeness (QED) is 0.483. The van der Waals surface area contributed by atoms with Crippen LogP contribution in [-0.4, -0.2) is 51.8 Å². The molecule has 2 aromatic heterocycles. The topological polar surface area (TPSA) is 54.3 Å². The van der Waals surface area contributed by atoms with Gasteiger partial charge in [-0.15, -0.1) is 0 Å². The molecule has 5 rings (SSSR count). The molecule has 2 aromatic carbocycles. The van der Waals surface area contributed by atoms with Crippen LogP contribution in [0.5, 0.6) is 0 Å². The fourth-order valence-electron chi connectivity index (χ4n) is 4.03. The number of para-hydroxylation sites is 1. The highest BCUT2D eigenvalue weighted by atomic mass is 32.1. The number of carbonyl (C=O) groups is 1. The van der Waals surface area contributed by atoms with E-state index in [-0.39, 0.29) is 5.91 Å². The molecule has 3 heterocycles. The molecule has 0 atom stereocenters. The predicted molar refractivity (Wildman–Crippen MR) is 125 cm³/mol. The molecule has 1 amide bonds. The van der Waals surface area contributed by atoms with Crippen LogP contribution in [0, 0.1) is 6.92 Å². The SMILES string of the molecule is CCc1ccc2nc(N3CCN(C(=O)c4cnn(-c5ccccc5)c4C)CC3)sc2c1. The first-order chi connectivity index (χ1) is 15.1. The predicted octanol–water partition coefficient (Wildman–Crippen LogP) is 4.32. The Labute approximate surface area is 185 Å². The molecule has 0 radical (unpaired) electrons. The van der Waals surface area contributed by atoms with Crippen LogP contribution >= 0.6 is 11.3 Å². The van der Waals surface area contributed by atoms with Gasteiger partial charge in [-0.05, 0) is 43.2 Å². The fraction of sp³-hybridized carbons (Fsp3) is 0.292. The lowest BCUT2D eigenvalue weighted by Crippen LogP contribution is -2.48. The number of aromatic nitrogens is 3. The lowest BCUT2D eigenvalue weighted by Gasteiger charge is -2.34. The van der Waals surface area contributed by atoms with Gasteiger partial charge in [-0.3, -0.25) is 4.79 Å². The minimum atomic E-state index is 0.0521. The first-order valence-corrected chi connectivity index (χ1v) is 11.5. The number of hydrogen-bond donors (Lipinski definition) is 0. The van der Waals surface area contributed by atoms with Crippen molar-refractivity contribution in [2.45, 2.75) is 20.3 Å². The molecule has 158 valence electrons. The summed E-state index contributed by atoms with van der Waals surface area (Å²) >= 11 is 1.74. The summed E-state index contributed by atoms with van der Waals surface area (Å²) in [5.41, 5.74) is 4.90. The normalized spacial score (nSPS) is 14.4. The van der Waals surface area contributed by atoms with Gasteiger partial charge in [-0.2, -0.15) is 5.10 Å². The van der Waals surface area contributed by atoms with E-state index in [0.29, 0.717) is 18.7 Å². The van der Waals surface area contributed by atoms with Crippen LogP contribution in [0.3, 0.4) is 0 Å². The summed E-state index contributed by atoms with van der Waals surface area (Å²) < 4.78 is 3.06. The zero-order valence-corrected chi connectivity index (χ0v) is 18.6. The van der Waals surface area contributed by atoms with Crippen molar-refractivity contribution in [3.05, 3.63) is 71.5 Å². The third-order valence-electron chi connectivity index (χ3n) is 5.93. The van der Waals surface area contributed by atoms with Crippen LogP contribution in [0.15, 0.2) is 54.7 Å². The number of amides is 1. The Morgan fingerprint density at radius 2 is 1.84 bits per heavy atom. The highest BCUT2D eigenvalue weighted by molar-refractivity contribution is 7.22. The van der Waals surface area contributed by atoms with Gasteiger partial charge >= 0.3 is 0 Å². The van der Waals surface area contributed by atoms with Gasteiger partial charge in [0.25, 0.3) is 5.91 Å².